The standard InChI is InChI=1S/C11H21N3/c1-2-3-13-4-6-14(7-5-13)11-8-10(12)9-11/h2,10-11H,1,3-9,12H2. The highest BCUT2D eigenvalue weighted by molar-refractivity contribution is 4.91. The van der Waals surface area contributed by atoms with E-state index >= 15 is 0 Å². The van der Waals surface area contributed by atoms with Gasteiger partial charge < -0.3 is 5.73 Å². The first-order chi connectivity index (χ1) is 6.79. The molecule has 0 aromatic carbocycles. The fraction of sp³-hybridized carbons (Fsp3) is 0.818. The van der Waals surface area contributed by atoms with Crippen molar-refractivity contribution in [1.82, 2.24) is 9.80 Å². The predicted molar refractivity (Wildman–Crippen MR) is 59.2 cm³/mol. The van der Waals surface area contributed by atoms with E-state index in [1.807, 2.05) is 6.08 Å². The van der Waals surface area contributed by atoms with Crippen LogP contribution in [-0.2, 0) is 0 Å². The Morgan fingerprint density at radius 1 is 1.21 bits per heavy atom. The van der Waals surface area contributed by atoms with Gasteiger partial charge in [-0.05, 0) is 12.8 Å². The molecule has 80 valence electrons. The van der Waals surface area contributed by atoms with Crippen molar-refractivity contribution in [2.75, 3.05) is 32.7 Å². The number of hydrogen-bond donors (Lipinski definition) is 1. The van der Waals surface area contributed by atoms with Gasteiger partial charge in [-0.1, -0.05) is 6.08 Å². The van der Waals surface area contributed by atoms with Crippen LogP contribution < -0.4 is 5.73 Å². The first-order valence-electron chi connectivity index (χ1n) is 5.62. The fourth-order valence-electron chi connectivity index (χ4n) is 2.42. The maximum absolute atomic E-state index is 5.80. The molecule has 2 fully saturated rings. The third-order valence-electron chi connectivity index (χ3n) is 3.46. The number of rotatable bonds is 3. The van der Waals surface area contributed by atoms with Gasteiger partial charge in [-0.25, -0.2) is 0 Å². The summed E-state index contributed by atoms with van der Waals surface area (Å²) in [6, 6.07) is 1.27. The number of nitrogens with two attached hydrogens (primary N) is 1. The van der Waals surface area contributed by atoms with E-state index in [-0.39, 0.29) is 0 Å². The summed E-state index contributed by atoms with van der Waals surface area (Å²) in [7, 11) is 0. The molecule has 0 amide bonds. The lowest BCUT2D eigenvalue weighted by Crippen LogP contribution is -2.56. The molecule has 3 heteroatoms. The molecule has 1 aliphatic heterocycles. The molecule has 1 heterocycles. The van der Waals surface area contributed by atoms with Gasteiger partial charge in [-0.2, -0.15) is 0 Å². The Bertz CT molecular complexity index is 191. The van der Waals surface area contributed by atoms with Crippen LogP contribution in [-0.4, -0.2) is 54.6 Å². The van der Waals surface area contributed by atoms with E-state index in [1.165, 1.54) is 39.0 Å². The summed E-state index contributed by atoms with van der Waals surface area (Å²) in [5.41, 5.74) is 5.80. The summed E-state index contributed by atoms with van der Waals surface area (Å²) >= 11 is 0. The predicted octanol–water partition coefficient (Wildman–Crippen LogP) is 0.280. The molecule has 1 aliphatic carbocycles. The third kappa shape index (κ3) is 2.16. The van der Waals surface area contributed by atoms with Crippen LogP contribution in [0.3, 0.4) is 0 Å². The van der Waals surface area contributed by atoms with Crippen LogP contribution in [0.4, 0.5) is 0 Å². The monoisotopic (exact) mass is 195 g/mol. The number of nitrogens with zero attached hydrogens (tertiary/aromatic N) is 2. The van der Waals surface area contributed by atoms with Gasteiger partial charge in [0, 0.05) is 44.8 Å². The highest BCUT2D eigenvalue weighted by Crippen LogP contribution is 2.24. The van der Waals surface area contributed by atoms with Crippen molar-refractivity contribution in [3.8, 4) is 0 Å². The first-order valence-corrected chi connectivity index (χ1v) is 5.62. The molecular formula is C11H21N3. The van der Waals surface area contributed by atoms with E-state index in [0.29, 0.717) is 6.04 Å². The Kier molecular flexibility index (Phi) is 3.21. The molecular weight excluding hydrogens is 174 g/mol. The Hall–Kier alpha value is -0.380. The van der Waals surface area contributed by atoms with E-state index in [4.69, 9.17) is 5.73 Å². The van der Waals surface area contributed by atoms with Gasteiger partial charge in [0.25, 0.3) is 0 Å². The van der Waals surface area contributed by atoms with Gasteiger partial charge in [0.15, 0.2) is 0 Å². The average molecular weight is 195 g/mol. The molecule has 3 nitrogen and oxygen atoms in total. The summed E-state index contributed by atoms with van der Waals surface area (Å²) in [5, 5.41) is 0. The molecule has 1 saturated carbocycles. The molecule has 0 aromatic rings. The van der Waals surface area contributed by atoms with E-state index < -0.39 is 0 Å². The zero-order valence-electron chi connectivity index (χ0n) is 8.86. The maximum Gasteiger partial charge on any atom is 0.0161 e. The summed E-state index contributed by atoms with van der Waals surface area (Å²) in [5.74, 6) is 0. The lowest BCUT2D eigenvalue weighted by atomic mass is 9.86. The van der Waals surface area contributed by atoms with Crippen LogP contribution in [0.1, 0.15) is 12.8 Å². The molecule has 0 unspecified atom stereocenters. The highest BCUT2D eigenvalue weighted by atomic mass is 15.3. The van der Waals surface area contributed by atoms with Gasteiger partial charge in [-0.15, -0.1) is 6.58 Å². The normalized spacial score (nSPS) is 35.2. The summed E-state index contributed by atoms with van der Waals surface area (Å²) in [4.78, 5) is 5.06. The third-order valence-corrected chi connectivity index (χ3v) is 3.46. The topological polar surface area (TPSA) is 32.5 Å². The van der Waals surface area contributed by atoms with Gasteiger partial charge in [0.05, 0.1) is 0 Å². The van der Waals surface area contributed by atoms with Crippen LogP contribution in [0.15, 0.2) is 12.7 Å². The molecule has 0 radical (unpaired) electrons. The van der Waals surface area contributed by atoms with Crippen LogP contribution in [0.2, 0.25) is 0 Å². The largest absolute Gasteiger partial charge is 0.328 e. The Morgan fingerprint density at radius 2 is 1.86 bits per heavy atom. The summed E-state index contributed by atoms with van der Waals surface area (Å²) < 4.78 is 0. The zero-order chi connectivity index (χ0) is 9.97. The molecule has 0 bridgehead atoms. The smallest absolute Gasteiger partial charge is 0.0161 e. The molecule has 0 spiro atoms. The quantitative estimate of drug-likeness (QED) is 0.657. The summed E-state index contributed by atoms with van der Waals surface area (Å²) in [6.45, 7) is 9.63. The van der Waals surface area contributed by atoms with Crippen molar-refractivity contribution >= 4 is 0 Å². The molecule has 14 heavy (non-hydrogen) atoms. The Labute approximate surface area is 86.5 Å². The second-order valence-electron chi connectivity index (χ2n) is 4.51. The van der Waals surface area contributed by atoms with Crippen LogP contribution in [0.25, 0.3) is 0 Å². The van der Waals surface area contributed by atoms with Gasteiger partial charge in [0.1, 0.15) is 0 Å². The second-order valence-corrected chi connectivity index (χ2v) is 4.51. The van der Waals surface area contributed by atoms with Crippen molar-refractivity contribution < 1.29 is 0 Å². The molecule has 0 atom stereocenters. The molecule has 2 rings (SSSR count). The SMILES string of the molecule is C=CCN1CCN(C2CC(N)C2)CC1. The van der Waals surface area contributed by atoms with Crippen molar-refractivity contribution in [3.63, 3.8) is 0 Å². The van der Waals surface area contributed by atoms with E-state index in [0.717, 1.165) is 12.6 Å². The second kappa shape index (κ2) is 4.43. The van der Waals surface area contributed by atoms with Crippen molar-refractivity contribution in [1.29, 1.82) is 0 Å². The maximum atomic E-state index is 5.80. The average Bonchev–Trinajstić information content (AvgIpc) is 2.15. The highest BCUT2D eigenvalue weighted by Gasteiger charge is 2.32. The lowest BCUT2D eigenvalue weighted by Gasteiger charge is -2.45. The lowest BCUT2D eigenvalue weighted by molar-refractivity contribution is 0.0570. The van der Waals surface area contributed by atoms with E-state index in [1.54, 1.807) is 0 Å². The number of hydrogen-bond acceptors (Lipinski definition) is 3. The van der Waals surface area contributed by atoms with Crippen LogP contribution in [0.5, 0.6) is 0 Å². The van der Waals surface area contributed by atoms with Crippen molar-refractivity contribution in [3.05, 3.63) is 12.7 Å². The molecule has 1 saturated heterocycles. The Morgan fingerprint density at radius 3 is 2.36 bits per heavy atom. The fourth-order valence-corrected chi connectivity index (χ4v) is 2.42. The molecule has 2 aliphatic rings. The van der Waals surface area contributed by atoms with E-state index in [9.17, 15) is 0 Å². The van der Waals surface area contributed by atoms with Gasteiger partial charge in [0.2, 0.25) is 0 Å². The minimum atomic E-state index is 0.478. The zero-order valence-corrected chi connectivity index (χ0v) is 8.86. The number of piperazine rings is 1. The minimum absolute atomic E-state index is 0.478. The van der Waals surface area contributed by atoms with Gasteiger partial charge >= 0.3 is 0 Å². The van der Waals surface area contributed by atoms with Crippen LogP contribution >= 0.6 is 0 Å². The first kappa shape index (κ1) is 10.1. The summed E-state index contributed by atoms with van der Waals surface area (Å²) in [6.07, 6.45) is 4.41. The van der Waals surface area contributed by atoms with Crippen molar-refractivity contribution in [2.45, 2.75) is 24.9 Å². The van der Waals surface area contributed by atoms with Gasteiger partial charge in [-0.3, -0.25) is 9.80 Å². The minimum Gasteiger partial charge on any atom is -0.328 e. The Balaban J connectivity index is 1.70. The molecule has 2 N–H and O–H groups in total. The van der Waals surface area contributed by atoms with Crippen molar-refractivity contribution in [2.24, 2.45) is 5.73 Å². The van der Waals surface area contributed by atoms with Crippen LogP contribution in [0, 0.1) is 0 Å². The van der Waals surface area contributed by atoms with E-state index in [2.05, 4.69) is 16.4 Å². The molecule has 0 aromatic heterocycles.